The summed E-state index contributed by atoms with van der Waals surface area (Å²) < 4.78 is 13.2. The molecule has 0 atom stereocenters. The molecule has 48 heavy (non-hydrogen) atoms. The number of aromatic nitrogens is 2. The van der Waals surface area contributed by atoms with Gasteiger partial charge in [-0.25, -0.2) is 4.98 Å². The fourth-order valence-corrected chi connectivity index (χ4v) is 7.74. The van der Waals surface area contributed by atoms with E-state index >= 15 is 0 Å². The highest BCUT2D eigenvalue weighted by Crippen LogP contribution is 2.61. The van der Waals surface area contributed by atoms with Gasteiger partial charge in [-0.1, -0.05) is 107 Å². The second kappa shape index (κ2) is 12.9. The zero-order chi connectivity index (χ0) is 32.6. The van der Waals surface area contributed by atoms with E-state index in [0.717, 1.165) is 80.0 Å². The van der Waals surface area contributed by atoms with E-state index in [2.05, 4.69) is 93.2 Å². The fourth-order valence-electron chi connectivity index (χ4n) is 7.74. The molecule has 2 aromatic heterocycles. The molecule has 0 aliphatic heterocycles. The highest BCUT2D eigenvalue weighted by Gasteiger charge is 2.37. The number of unbranched alkanes of at least 4 members (excludes halogenated alkanes) is 6. The van der Waals surface area contributed by atoms with Crippen LogP contribution in [-0.4, -0.2) is 23.2 Å². The number of benzene rings is 4. The maximum absolute atomic E-state index is 6.59. The quantitative estimate of drug-likeness (QED) is 0.119. The third-order valence-electron chi connectivity index (χ3n) is 10.0. The average Bonchev–Trinajstić information content (AvgIpc) is 3.37. The Kier molecular flexibility index (Phi) is 8.17. The van der Waals surface area contributed by atoms with Crippen molar-refractivity contribution in [2.24, 2.45) is 0 Å². The van der Waals surface area contributed by atoms with Gasteiger partial charge < -0.3 is 9.47 Å². The van der Waals surface area contributed by atoms with Gasteiger partial charge >= 0.3 is 0 Å². The van der Waals surface area contributed by atoms with Crippen LogP contribution in [0.4, 0.5) is 0 Å². The van der Waals surface area contributed by atoms with Crippen LogP contribution in [0.2, 0.25) is 0 Å². The molecule has 0 amide bonds. The Morgan fingerprint density at radius 3 is 1.79 bits per heavy atom. The third-order valence-corrected chi connectivity index (χ3v) is 10.0. The van der Waals surface area contributed by atoms with Crippen LogP contribution in [0.1, 0.15) is 70.9 Å². The summed E-state index contributed by atoms with van der Waals surface area (Å²) in [6.07, 6.45) is 13.2. The number of ether oxygens (including phenoxy) is 2. The van der Waals surface area contributed by atoms with Crippen molar-refractivity contribution in [1.29, 1.82) is 0 Å². The molecule has 4 aromatic carbocycles. The van der Waals surface area contributed by atoms with E-state index in [-0.39, 0.29) is 0 Å². The molecule has 0 fully saturated rings. The Morgan fingerprint density at radius 1 is 0.604 bits per heavy atom. The Hall–Kier alpha value is -4.96. The number of rotatable bonds is 13. The molecule has 240 valence electrons. The van der Waals surface area contributed by atoms with Gasteiger partial charge in [0.05, 0.1) is 30.3 Å². The van der Waals surface area contributed by atoms with Crippen molar-refractivity contribution < 1.29 is 9.47 Å². The molecule has 0 saturated heterocycles. The molecule has 2 aliphatic carbocycles. The highest BCUT2D eigenvalue weighted by atomic mass is 16.5. The molecule has 4 heteroatoms. The molecule has 4 nitrogen and oxygen atoms in total. The van der Waals surface area contributed by atoms with Crippen LogP contribution in [0.25, 0.3) is 83.5 Å². The minimum absolute atomic E-state index is 0.704. The zero-order valence-electron chi connectivity index (χ0n) is 28.1. The van der Waals surface area contributed by atoms with Crippen LogP contribution >= 0.6 is 0 Å². The maximum Gasteiger partial charge on any atom is 0.127 e. The molecule has 6 aromatic rings. The van der Waals surface area contributed by atoms with E-state index in [1.54, 1.807) is 0 Å². The molecule has 0 spiro atoms. The monoisotopic (exact) mass is 630 g/mol. The molecule has 8 rings (SSSR count). The lowest BCUT2D eigenvalue weighted by atomic mass is 9.83. The molecule has 2 heterocycles. The normalized spacial score (nSPS) is 12.0. The number of nitrogens with zero attached hydrogens (tertiary/aromatic N) is 2. The molecule has 0 N–H and O–H groups in total. The first-order valence-electron chi connectivity index (χ1n) is 17.8. The Balaban J connectivity index is 1.40. The molecule has 6 bridgehead atoms. The van der Waals surface area contributed by atoms with Crippen molar-refractivity contribution in [3.8, 4) is 67.4 Å². The van der Waals surface area contributed by atoms with Crippen LogP contribution in [0, 0.1) is 0 Å². The summed E-state index contributed by atoms with van der Waals surface area (Å²) in [4.78, 5) is 10.2. The van der Waals surface area contributed by atoms with Crippen molar-refractivity contribution in [1.82, 2.24) is 9.97 Å². The summed E-state index contributed by atoms with van der Waals surface area (Å²) in [5, 5.41) is 4.61. The Labute approximate surface area is 283 Å². The minimum atomic E-state index is 0.704. The smallest absolute Gasteiger partial charge is 0.127 e. The number of pyridine rings is 2. The molecule has 0 unspecified atom stereocenters. The third kappa shape index (κ3) is 4.97. The van der Waals surface area contributed by atoms with E-state index in [1.165, 1.54) is 66.0 Å². The number of fused-ring (bicyclic) bond motifs is 11. The van der Waals surface area contributed by atoms with Gasteiger partial charge in [0.15, 0.2) is 0 Å². The van der Waals surface area contributed by atoms with E-state index in [4.69, 9.17) is 19.4 Å². The zero-order valence-corrected chi connectivity index (χ0v) is 28.1. The largest absolute Gasteiger partial charge is 0.493 e. The van der Waals surface area contributed by atoms with Crippen molar-refractivity contribution in [3.05, 3.63) is 91.3 Å². The lowest BCUT2D eigenvalue weighted by molar-refractivity contribution is 0.308. The topological polar surface area (TPSA) is 44.2 Å². The van der Waals surface area contributed by atoms with Gasteiger partial charge in [-0.3, -0.25) is 4.98 Å². The summed E-state index contributed by atoms with van der Waals surface area (Å²) in [6.45, 7) is 10.2. The molecule has 2 aliphatic rings. The first-order chi connectivity index (χ1) is 23.7. The predicted octanol–water partition coefficient (Wildman–Crippen LogP) is 12.3. The summed E-state index contributed by atoms with van der Waals surface area (Å²) in [6, 6.07) is 26.2. The van der Waals surface area contributed by atoms with Crippen molar-refractivity contribution in [2.45, 2.75) is 65.2 Å². The lowest BCUT2D eigenvalue weighted by Crippen LogP contribution is -2.03. The highest BCUT2D eigenvalue weighted by molar-refractivity contribution is 6.24. The number of hydrogen-bond donors (Lipinski definition) is 0. The van der Waals surface area contributed by atoms with Crippen molar-refractivity contribution in [3.63, 3.8) is 0 Å². The summed E-state index contributed by atoms with van der Waals surface area (Å²) >= 11 is 0. The SMILES string of the molecule is C=Cc1nc2c3c(c1-c1cc(OCCCCCC)c4ccccc4c1-3)-c1c(cc(OCCCCCC)c3ccccc13)-c1ccnc-2c1. The molecule has 0 saturated carbocycles. The van der Waals surface area contributed by atoms with Gasteiger partial charge in [-0.15, -0.1) is 0 Å². The molecular formula is C44H42N2O2. The first-order valence-corrected chi connectivity index (χ1v) is 17.8. The van der Waals surface area contributed by atoms with Crippen LogP contribution in [-0.2, 0) is 0 Å². The second-order valence-electron chi connectivity index (χ2n) is 13.1. The Morgan fingerprint density at radius 2 is 1.19 bits per heavy atom. The first kappa shape index (κ1) is 30.4. The van der Waals surface area contributed by atoms with E-state index in [1.807, 2.05) is 12.3 Å². The average molecular weight is 631 g/mol. The summed E-state index contributed by atoms with van der Waals surface area (Å²) in [7, 11) is 0. The van der Waals surface area contributed by atoms with Crippen molar-refractivity contribution >= 4 is 27.6 Å². The standard InChI is InChI=1S/C44H42N2O2/c1-4-7-9-15-23-47-37-26-33-28-21-22-45-36(25-28)44-43-40-32-20-14-12-18-30(32)38(48-24-16-10-8-5-2)27-34(40)41(35(6-3)46-44)42(43)39(33)31-19-13-11-17-29(31)37/h6,11-14,17-22,25-27H,3-5,7-10,15-16,23-24H2,1-2H3. The molecular weight excluding hydrogens is 588 g/mol. The number of hydrogen-bond acceptors (Lipinski definition) is 4. The van der Waals surface area contributed by atoms with Crippen LogP contribution in [0.15, 0.2) is 85.6 Å². The van der Waals surface area contributed by atoms with E-state index in [9.17, 15) is 0 Å². The van der Waals surface area contributed by atoms with Crippen LogP contribution in [0.5, 0.6) is 11.5 Å². The van der Waals surface area contributed by atoms with Gasteiger partial charge in [0, 0.05) is 39.2 Å². The van der Waals surface area contributed by atoms with Gasteiger partial charge in [0.2, 0.25) is 0 Å². The fraction of sp³-hybridized carbons (Fsp3) is 0.273. The van der Waals surface area contributed by atoms with Gasteiger partial charge in [-0.2, -0.15) is 0 Å². The predicted molar refractivity (Wildman–Crippen MR) is 201 cm³/mol. The minimum Gasteiger partial charge on any atom is -0.493 e. The lowest BCUT2D eigenvalue weighted by Gasteiger charge is -2.23. The van der Waals surface area contributed by atoms with E-state index in [0.29, 0.717) is 13.2 Å². The van der Waals surface area contributed by atoms with Crippen molar-refractivity contribution in [2.75, 3.05) is 13.2 Å². The van der Waals surface area contributed by atoms with Crippen LogP contribution in [0.3, 0.4) is 0 Å². The van der Waals surface area contributed by atoms with E-state index < -0.39 is 0 Å². The van der Waals surface area contributed by atoms with Gasteiger partial charge in [0.25, 0.3) is 0 Å². The second-order valence-corrected chi connectivity index (χ2v) is 13.1. The summed E-state index contributed by atoms with van der Waals surface area (Å²) in [5.74, 6) is 1.86. The van der Waals surface area contributed by atoms with Crippen LogP contribution < -0.4 is 9.47 Å². The van der Waals surface area contributed by atoms with Gasteiger partial charge in [0.1, 0.15) is 11.5 Å². The Bertz CT molecular complexity index is 2200. The summed E-state index contributed by atoms with van der Waals surface area (Å²) in [5.41, 5.74) is 11.9. The molecule has 0 radical (unpaired) electrons. The van der Waals surface area contributed by atoms with Gasteiger partial charge in [-0.05, 0) is 76.2 Å². The maximum atomic E-state index is 6.59.